The van der Waals surface area contributed by atoms with Crippen molar-refractivity contribution in [1.82, 2.24) is 9.88 Å². The maximum absolute atomic E-state index is 14.1. The van der Waals surface area contributed by atoms with E-state index in [0.717, 1.165) is 17.7 Å². The molecule has 1 unspecified atom stereocenters. The highest BCUT2D eigenvalue weighted by atomic mass is 32.2. The Hall–Kier alpha value is -3.31. The lowest BCUT2D eigenvalue weighted by atomic mass is 9.66. The van der Waals surface area contributed by atoms with Crippen molar-refractivity contribution in [3.05, 3.63) is 70.4 Å². The quantitative estimate of drug-likeness (QED) is 0.493. The van der Waals surface area contributed by atoms with Crippen LogP contribution in [0.3, 0.4) is 0 Å². The van der Waals surface area contributed by atoms with Crippen LogP contribution in [0.4, 0.5) is 15.8 Å². The number of sulfonamides is 1. The fourth-order valence-corrected chi connectivity index (χ4v) is 8.35. The molecule has 1 N–H and O–H groups in total. The third kappa shape index (κ3) is 4.37. The highest BCUT2D eigenvalue weighted by Crippen LogP contribution is 2.55. The second kappa shape index (κ2) is 9.77. The molecule has 1 saturated heterocycles. The third-order valence-corrected chi connectivity index (χ3v) is 10.0. The molecule has 200 valence electrons. The van der Waals surface area contributed by atoms with Gasteiger partial charge in [-0.1, -0.05) is 13.8 Å². The largest absolute Gasteiger partial charge is 0.343 e. The van der Waals surface area contributed by atoms with Gasteiger partial charge in [-0.2, -0.15) is 0 Å². The number of thiazole rings is 1. The molecule has 3 aromatic rings. The number of piperidine rings is 1. The van der Waals surface area contributed by atoms with Gasteiger partial charge in [-0.05, 0) is 66.8 Å². The Morgan fingerprint density at radius 2 is 1.82 bits per heavy atom. The lowest BCUT2D eigenvalue weighted by Gasteiger charge is -2.46. The van der Waals surface area contributed by atoms with E-state index in [1.165, 1.54) is 34.7 Å². The van der Waals surface area contributed by atoms with Crippen LogP contribution in [-0.4, -0.2) is 49.2 Å². The number of carbonyl (C=O) groups is 2. The zero-order valence-corrected chi connectivity index (χ0v) is 23.0. The molecule has 0 bridgehead atoms. The molecule has 8 nitrogen and oxygen atoms in total. The first kappa shape index (κ1) is 26.3. The summed E-state index contributed by atoms with van der Waals surface area (Å²) in [5, 5.41) is 4.55. The molecule has 2 amide bonds. The number of likely N-dealkylation sites (tertiary alicyclic amines) is 1. The van der Waals surface area contributed by atoms with E-state index in [2.05, 4.69) is 10.3 Å². The summed E-state index contributed by atoms with van der Waals surface area (Å²) in [7, 11) is -4.05. The molecular weight excluding hydrogens is 527 g/mol. The summed E-state index contributed by atoms with van der Waals surface area (Å²) in [6.07, 6.45) is 1.14. The minimum Gasteiger partial charge on any atom is -0.343 e. The fourth-order valence-electron chi connectivity index (χ4n) is 5.95. The zero-order chi connectivity index (χ0) is 27.2. The lowest BCUT2D eigenvalue weighted by molar-refractivity contribution is -0.130. The minimum absolute atomic E-state index is 0.00892. The highest BCUT2D eigenvalue weighted by Gasteiger charge is 2.56. The van der Waals surface area contributed by atoms with Crippen LogP contribution < -0.4 is 9.62 Å². The number of nitrogens with zero attached hydrogens (tertiary/aromatic N) is 3. The molecule has 2 aliphatic rings. The second-order valence-electron chi connectivity index (χ2n) is 10.2. The number of hydrogen-bond donors (Lipinski definition) is 1. The van der Waals surface area contributed by atoms with Gasteiger partial charge in [0.15, 0.2) is 0 Å². The van der Waals surface area contributed by atoms with Gasteiger partial charge in [-0.25, -0.2) is 17.8 Å². The van der Waals surface area contributed by atoms with Crippen molar-refractivity contribution in [2.24, 2.45) is 5.92 Å². The van der Waals surface area contributed by atoms with Gasteiger partial charge in [0, 0.05) is 36.5 Å². The molecule has 1 spiro atoms. The average molecular weight is 557 g/mol. The standard InChI is InChI=1S/C27H29FN4O4S2/c1-17(2)25-27(10-12-31(13-11-27)18(3)33)22-14-20(30-26(34)23-15-37-16-29-23)6-9-24(22)32(25)38(35,36)21-7-4-19(28)5-8-21/h4-9,14-17,25H,10-13H2,1-3H3,(H,30,34). The molecule has 3 heterocycles. The summed E-state index contributed by atoms with van der Waals surface area (Å²) >= 11 is 1.32. The monoisotopic (exact) mass is 556 g/mol. The molecule has 0 saturated carbocycles. The number of benzene rings is 2. The van der Waals surface area contributed by atoms with Crippen LogP contribution in [0.5, 0.6) is 0 Å². The Morgan fingerprint density at radius 3 is 2.39 bits per heavy atom. The van der Waals surface area contributed by atoms with Crippen LogP contribution in [0, 0.1) is 11.7 Å². The van der Waals surface area contributed by atoms with Crippen LogP contribution in [-0.2, 0) is 20.2 Å². The van der Waals surface area contributed by atoms with Gasteiger partial charge in [0.05, 0.1) is 22.1 Å². The summed E-state index contributed by atoms with van der Waals surface area (Å²) in [6, 6.07) is 9.70. The normalized spacial score (nSPS) is 18.6. The summed E-state index contributed by atoms with van der Waals surface area (Å²) in [5.74, 6) is -0.950. The van der Waals surface area contributed by atoms with Crippen molar-refractivity contribution in [1.29, 1.82) is 0 Å². The predicted octanol–water partition coefficient (Wildman–Crippen LogP) is 4.65. The smallest absolute Gasteiger partial charge is 0.275 e. The van der Waals surface area contributed by atoms with Crippen molar-refractivity contribution >= 4 is 44.5 Å². The van der Waals surface area contributed by atoms with Crippen molar-refractivity contribution < 1.29 is 22.4 Å². The highest BCUT2D eigenvalue weighted by molar-refractivity contribution is 7.92. The number of aromatic nitrogens is 1. The number of fused-ring (bicyclic) bond motifs is 2. The van der Waals surface area contributed by atoms with E-state index in [9.17, 15) is 22.4 Å². The SMILES string of the molecule is CC(=O)N1CCC2(CC1)c1cc(NC(=O)c3cscn3)ccc1N(S(=O)(=O)c1ccc(F)cc1)C2C(C)C. The molecule has 1 fully saturated rings. The molecule has 11 heteroatoms. The molecule has 2 aliphatic heterocycles. The van der Waals surface area contributed by atoms with Crippen molar-refractivity contribution in [3.8, 4) is 0 Å². The van der Waals surface area contributed by atoms with Gasteiger partial charge < -0.3 is 10.2 Å². The number of carbonyl (C=O) groups excluding carboxylic acids is 2. The summed E-state index contributed by atoms with van der Waals surface area (Å²) in [6.45, 7) is 6.52. The van der Waals surface area contributed by atoms with Gasteiger partial charge in [0.2, 0.25) is 5.91 Å². The number of rotatable bonds is 5. The van der Waals surface area contributed by atoms with E-state index in [4.69, 9.17) is 0 Å². The molecule has 0 radical (unpaired) electrons. The van der Waals surface area contributed by atoms with Crippen LogP contribution >= 0.6 is 11.3 Å². The van der Waals surface area contributed by atoms with Gasteiger partial charge in [0.25, 0.3) is 15.9 Å². The number of halogens is 1. The Kier molecular flexibility index (Phi) is 6.77. The Morgan fingerprint density at radius 1 is 1.13 bits per heavy atom. The maximum atomic E-state index is 14.1. The Balaban J connectivity index is 1.64. The first-order valence-electron chi connectivity index (χ1n) is 12.4. The number of nitrogens with one attached hydrogen (secondary N) is 1. The van der Waals surface area contributed by atoms with E-state index in [-0.39, 0.29) is 22.6 Å². The Labute approximate surface area is 225 Å². The molecule has 0 aliphatic carbocycles. The van der Waals surface area contributed by atoms with Gasteiger partial charge in [-0.15, -0.1) is 11.3 Å². The molecule has 38 heavy (non-hydrogen) atoms. The Bertz CT molecular complexity index is 1470. The van der Waals surface area contributed by atoms with E-state index in [1.54, 1.807) is 27.9 Å². The molecule has 2 aromatic carbocycles. The zero-order valence-electron chi connectivity index (χ0n) is 21.3. The molecule has 5 rings (SSSR count). The van der Waals surface area contributed by atoms with E-state index in [0.29, 0.717) is 43.0 Å². The number of amides is 2. The van der Waals surface area contributed by atoms with E-state index < -0.39 is 27.3 Å². The third-order valence-electron chi connectivity index (χ3n) is 7.61. The number of anilines is 2. The van der Waals surface area contributed by atoms with Crippen LogP contribution in [0.1, 0.15) is 49.7 Å². The topological polar surface area (TPSA) is 99.7 Å². The van der Waals surface area contributed by atoms with Crippen LogP contribution in [0.25, 0.3) is 0 Å². The van der Waals surface area contributed by atoms with Gasteiger partial charge in [-0.3, -0.25) is 13.9 Å². The summed E-state index contributed by atoms with van der Waals surface area (Å²) in [5.41, 5.74) is 3.21. The average Bonchev–Trinajstić information content (AvgIpc) is 3.51. The van der Waals surface area contributed by atoms with Crippen molar-refractivity contribution in [2.45, 2.75) is 50.0 Å². The van der Waals surface area contributed by atoms with Crippen molar-refractivity contribution in [2.75, 3.05) is 22.7 Å². The fraction of sp³-hybridized carbons (Fsp3) is 0.370. The summed E-state index contributed by atoms with van der Waals surface area (Å²) < 4.78 is 43.3. The van der Waals surface area contributed by atoms with Crippen LogP contribution in [0.2, 0.25) is 0 Å². The first-order valence-corrected chi connectivity index (χ1v) is 14.8. The van der Waals surface area contributed by atoms with Crippen LogP contribution in [0.15, 0.2) is 58.3 Å². The lowest BCUT2D eigenvalue weighted by Crippen LogP contribution is -2.55. The number of hydrogen-bond acceptors (Lipinski definition) is 6. The van der Waals surface area contributed by atoms with E-state index >= 15 is 0 Å². The molecule has 1 aromatic heterocycles. The maximum Gasteiger partial charge on any atom is 0.275 e. The van der Waals surface area contributed by atoms with Gasteiger partial charge in [0.1, 0.15) is 11.5 Å². The first-order chi connectivity index (χ1) is 18.0. The van der Waals surface area contributed by atoms with E-state index in [1.807, 2.05) is 19.9 Å². The summed E-state index contributed by atoms with van der Waals surface area (Å²) in [4.78, 5) is 30.7. The van der Waals surface area contributed by atoms with Gasteiger partial charge >= 0.3 is 0 Å². The molecule has 1 atom stereocenters. The second-order valence-corrected chi connectivity index (χ2v) is 12.7. The molecular formula is C27H29FN4O4S2. The van der Waals surface area contributed by atoms with Crippen molar-refractivity contribution in [3.63, 3.8) is 0 Å². The predicted molar refractivity (Wildman–Crippen MR) is 144 cm³/mol. The minimum atomic E-state index is -4.05.